The van der Waals surface area contributed by atoms with Crippen LogP contribution in [0.3, 0.4) is 0 Å². The third kappa shape index (κ3) is 3.06. The van der Waals surface area contributed by atoms with Crippen LogP contribution < -0.4 is 18.1 Å². The lowest BCUT2D eigenvalue weighted by atomic mass is 9.80. The molecule has 0 spiro atoms. The lowest BCUT2D eigenvalue weighted by Crippen LogP contribution is -3.00. The first-order valence-corrected chi connectivity index (χ1v) is 5.20. The van der Waals surface area contributed by atoms with Gasteiger partial charge in [-0.05, 0) is 19.8 Å². The molecule has 0 amide bonds. The molecule has 4 nitrogen and oxygen atoms in total. The van der Waals surface area contributed by atoms with E-state index in [1.165, 1.54) is 7.11 Å². The molecule has 0 heterocycles. The zero-order valence-electron chi connectivity index (χ0n) is 9.42. The quantitative estimate of drug-likeness (QED) is 0.537. The lowest BCUT2D eigenvalue weighted by Gasteiger charge is -2.34. The van der Waals surface area contributed by atoms with Crippen LogP contribution in [0, 0.1) is 0 Å². The molecule has 15 heavy (non-hydrogen) atoms. The average Bonchev–Trinajstić information content (AvgIpc) is 2.20. The molecule has 0 aromatic carbocycles. The highest BCUT2D eigenvalue weighted by atomic mass is 35.5. The Kier molecular flexibility index (Phi) is 6.17. The number of carbonyl (C=O) groups is 1. The highest BCUT2D eigenvalue weighted by Gasteiger charge is 2.49. The van der Waals surface area contributed by atoms with Gasteiger partial charge in [0, 0.05) is 13.0 Å². The number of ether oxygens (including phenoxy) is 2. The maximum Gasteiger partial charge on any atom is 0.370 e. The van der Waals surface area contributed by atoms with E-state index in [1.54, 1.807) is 0 Å². The summed E-state index contributed by atoms with van der Waals surface area (Å²) in [6.45, 7) is 2.56. The first-order valence-electron chi connectivity index (χ1n) is 5.20. The summed E-state index contributed by atoms with van der Waals surface area (Å²) in [7, 11) is 1.41. The maximum atomic E-state index is 11.6. The van der Waals surface area contributed by atoms with Crippen LogP contribution in [-0.4, -0.2) is 31.3 Å². The third-order valence-electron chi connectivity index (χ3n) is 2.92. The van der Waals surface area contributed by atoms with E-state index >= 15 is 0 Å². The van der Waals surface area contributed by atoms with Crippen molar-refractivity contribution in [1.82, 2.24) is 0 Å². The molecule has 1 saturated carbocycles. The van der Waals surface area contributed by atoms with Crippen LogP contribution in [0.2, 0.25) is 0 Å². The Morgan fingerprint density at radius 1 is 1.53 bits per heavy atom. The van der Waals surface area contributed by atoms with E-state index in [0.717, 1.165) is 25.7 Å². The van der Waals surface area contributed by atoms with E-state index < -0.39 is 5.54 Å². The molecule has 2 atom stereocenters. The van der Waals surface area contributed by atoms with Gasteiger partial charge in [-0.2, -0.15) is 0 Å². The maximum absolute atomic E-state index is 11.6. The van der Waals surface area contributed by atoms with Crippen LogP contribution in [0.25, 0.3) is 0 Å². The van der Waals surface area contributed by atoms with Gasteiger partial charge in [0.1, 0.15) is 6.10 Å². The van der Waals surface area contributed by atoms with E-state index in [0.29, 0.717) is 6.61 Å². The van der Waals surface area contributed by atoms with Gasteiger partial charge >= 0.3 is 5.97 Å². The van der Waals surface area contributed by atoms with Gasteiger partial charge in [0.05, 0.1) is 7.11 Å². The van der Waals surface area contributed by atoms with Gasteiger partial charge in [0.2, 0.25) is 5.54 Å². The number of methoxy groups -OCH3 is 1. The Labute approximate surface area is 96.9 Å². The fraction of sp³-hybridized carbons (Fsp3) is 0.900. The Balaban J connectivity index is 0.00000196. The predicted molar refractivity (Wildman–Crippen MR) is 51.5 cm³/mol. The van der Waals surface area contributed by atoms with E-state index in [2.05, 4.69) is 5.73 Å². The molecule has 0 aromatic heterocycles. The number of hydrogen-bond acceptors (Lipinski definition) is 3. The molecule has 1 rings (SSSR count). The van der Waals surface area contributed by atoms with Gasteiger partial charge in [-0.3, -0.25) is 0 Å². The van der Waals surface area contributed by atoms with Crippen LogP contribution in [0.5, 0.6) is 0 Å². The number of quaternary nitrogens is 1. The molecule has 2 unspecified atom stereocenters. The van der Waals surface area contributed by atoms with Gasteiger partial charge in [-0.15, -0.1) is 0 Å². The summed E-state index contributed by atoms with van der Waals surface area (Å²) in [6, 6.07) is 0. The number of carbonyl (C=O) groups excluding carboxylic acids is 1. The Hall–Kier alpha value is -0.320. The van der Waals surface area contributed by atoms with Gasteiger partial charge < -0.3 is 27.6 Å². The molecule has 90 valence electrons. The fourth-order valence-electron chi connectivity index (χ4n) is 2.09. The summed E-state index contributed by atoms with van der Waals surface area (Å²) in [5.41, 5.74) is 3.32. The second-order valence-electron chi connectivity index (χ2n) is 3.84. The third-order valence-corrected chi connectivity index (χ3v) is 2.92. The molecule has 0 bridgehead atoms. The van der Waals surface area contributed by atoms with Crippen molar-refractivity contribution in [3.63, 3.8) is 0 Å². The smallest absolute Gasteiger partial charge is 0.370 e. The van der Waals surface area contributed by atoms with E-state index in [4.69, 9.17) is 9.47 Å². The SMILES string of the molecule is CCOC1CCCCC1([NH3+])C(=O)OC.[Cl-]. The summed E-state index contributed by atoms with van der Waals surface area (Å²) in [5, 5.41) is 0. The molecule has 1 fully saturated rings. The highest BCUT2D eigenvalue weighted by Crippen LogP contribution is 2.28. The molecular formula is C10H20ClNO3. The minimum atomic E-state index is -0.678. The van der Waals surface area contributed by atoms with Gasteiger partial charge in [-0.25, -0.2) is 4.79 Å². The Bertz CT molecular complexity index is 211. The van der Waals surface area contributed by atoms with Gasteiger partial charge in [0.15, 0.2) is 0 Å². The van der Waals surface area contributed by atoms with E-state index in [1.807, 2.05) is 6.92 Å². The van der Waals surface area contributed by atoms with Gasteiger partial charge in [-0.1, -0.05) is 6.42 Å². The monoisotopic (exact) mass is 237 g/mol. The van der Waals surface area contributed by atoms with Crippen LogP contribution in [0.1, 0.15) is 32.6 Å². The minimum Gasteiger partial charge on any atom is -1.00 e. The Morgan fingerprint density at radius 2 is 2.20 bits per heavy atom. The first-order chi connectivity index (χ1) is 6.65. The number of halogens is 1. The fourth-order valence-corrected chi connectivity index (χ4v) is 2.09. The van der Waals surface area contributed by atoms with Crippen molar-refractivity contribution in [2.45, 2.75) is 44.2 Å². The van der Waals surface area contributed by atoms with E-state index in [9.17, 15) is 4.79 Å². The average molecular weight is 238 g/mol. The van der Waals surface area contributed by atoms with Crippen LogP contribution in [0.15, 0.2) is 0 Å². The number of esters is 1. The first kappa shape index (κ1) is 14.7. The van der Waals surface area contributed by atoms with Crippen LogP contribution in [0.4, 0.5) is 0 Å². The van der Waals surface area contributed by atoms with Crippen molar-refractivity contribution in [3.05, 3.63) is 0 Å². The second-order valence-corrected chi connectivity index (χ2v) is 3.84. The molecule has 1 aliphatic carbocycles. The topological polar surface area (TPSA) is 63.2 Å². The normalized spacial score (nSPS) is 30.5. The number of hydrogen-bond donors (Lipinski definition) is 1. The molecule has 3 N–H and O–H groups in total. The van der Waals surface area contributed by atoms with Crippen LogP contribution in [-0.2, 0) is 14.3 Å². The molecule has 1 aliphatic rings. The molecule has 5 heteroatoms. The molecule has 0 aliphatic heterocycles. The van der Waals surface area contributed by atoms with Crippen LogP contribution >= 0.6 is 0 Å². The molecule has 0 radical (unpaired) electrons. The highest BCUT2D eigenvalue weighted by molar-refractivity contribution is 5.79. The van der Waals surface area contributed by atoms with Gasteiger partial charge in [0.25, 0.3) is 0 Å². The summed E-state index contributed by atoms with van der Waals surface area (Å²) < 4.78 is 10.3. The van der Waals surface area contributed by atoms with Crippen molar-refractivity contribution < 1.29 is 32.4 Å². The molecule has 0 saturated heterocycles. The standard InChI is InChI=1S/C10H19NO3.ClH/c1-3-14-8-6-4-5-7-10(8,11)9(12)13-2;/h8H,3-7,11H2,1-2H3;1H. The molecule has 0 aromatic rings. The minimum absolute atomic E-state index is 0. The van der Waals surface area contributed by atoms with Crippen molar-refractivity contribution in [1.29, 1.82) is 0 Å². The summed E-state index contributed by atoms with van der Waals surface area (Å²) in [4.78, 5) is 11.6. The van der Waals surface area contributed by atoms with Crippen molar-refractivity contribution >= 4 is 5.97 Å². The summed E-state index contributed by atoms with van der Waals surface area (Å²) in [6.07, 6.45) is 3.74. The zero-order valence-corrected chi connectivity index (χ0v) is 10.2. The van der Waals surface area contributed by atoms with Crippen molar-refractivity contribution in [2.75, 3.05) is 13.7 Å². The summed E-state index contributed by atoms with van der Waals surface area (Å²) >= 11 is 0. The van der Waals surface area contributed by atoms with Crippen molar-refractivity contribution in [2.24, 2.45) is 0 Å². The lowest BCUT2D eigenvalue weighted by molar-refractivity contribution is -0.487. The Morgan fingerprint density at radius 3 is 2.73 bits per heavy atom. The molecular weight excluding hydrogens is 218 g/mol. The van der Waals surface area contributed by atoms with E-state index in [-0.39, 0.29) is 24.5 Å². The number of rotatable bonds is 3. The zero-order chi connectivity index (χ0) is 10.6. The largest absolute Gasteiger partial charge is 1.00 e. The predicted octanol–water partition coefficient (Wildman–Crippen LogP) is -2.88. The van der Waals surface area contributed by atoms with Crippen molar-refractivity contribution in [3.8, 4) is 0 Å². The summed E-state index contributed by atoms with van der Waals surface area (Å²) in [5.74, 6) is -0.240. The second kappa shape index (κ2) is 6.30.